The molecule has 1 aromatic carbocycles. The summed E-state index contributed by atoms with van der Waals surface area (Å²) < 4.78 is 5.69. The second-order valence-electron chi connectivity index (χ2n) is 5.29. The highest BCUT2D eigenvalue weighted by Gasteiger charge is 2.38. The fourth-order valence-corrected chi connectivity index (χ4v) is 3.13. The van der Waals surface area contributed by atoms with Crippen LogP contribution in [0.25, 0.3) is 0 Å². The molecule has 1 heterocycles. The van der Waals surface area contributed by atoms with Crippen molar-refractivity contribution in [2.24, 2.45) is 0 Å². The highest BCUT2D eigenvalue weighted by Crippen LogP contribution is 2.30. The van der Waals surface area contributed by atoms with Crippen LogP contribution >= 0.6 is 0 Å². The normalized spacial score (nSPS) is 25.3. The average molecular weight is 275 g/mol. The number of morpholine rings is 1. The highest BCUT2D eigenvalue weighted by molar-refractivity contribution is 5.97. The van der Waals surface area contributed by atoms with Crippen LogP contribution in [-0.2, 0) is 4.74 Å². The summed E-state index contributed by atoms with van der Waals surface area (Å²) in [4.78, 5) is 25.4. The third kappa shape index (κ3) is 2.29. The molecule has 1 N–H and O–H groups in total. The summed E-state index contributed by atoms with van der Waals surface area (Å²) in [5.41, 5.74) is 0.588. The number of carboxylic acids is 1. The molecule has 1 saturated carbocycles. The monoisotopic (exact) mass is 275 g/mol. The molecule has 5 heteroatoms. The first-order chi connectivity index (χ1) is 9.66. The van der Waals surface area contributed by atoms with Gasteiger partial charge in [0, 0.05) is 12.1 Å². The maximum atomic E-state index is 12.6. The van der Waals surface area contributed by atoms with Crippen molar-refractivity contribution in [2.45, 2.75) is 31.4 Å². The van der Waals surface area contributed by atoms with E-state index < -0.39 is 5.97 Å². The molecule has 1 amide bonds. The number of hydrogen-bond donors (Lipinski definition) is 1. The van der Waals surface area contributed by atoms with Crippen molar-refractivity contribution in [3.8, 4) is 0 Å². The SMILES string of the molecule is O=C(O)c1cccc(C(=O)N2CCOC3CCCC32)c1. The summed E-state index contributed by atoms with van der Waals surface area (Å²) in [6, 6.07) is 6.38. The van der Waals surface area contributed by atoms with Crippen molar-refractivity contribution in [3.05, 3.63) is 35.4 Å². The molecule has 2 atom stereocenters. The van der Waals surface area contributed by atoms with Crippen molar-refractivity contribution in [1.29, 1.82) is 0 Å². The number of carboxylic acid groups (broad SMARTS) is 1. The first-order valence-corrected chi connectivity index (χ1v) is 6.93. The van der Waals surface area contributed by atoms with E-state index in [9.17, 15) is 9.59 Å². The van der Waals surface area contributed by atoms with E-state index in [1.54, 1.807) is 12.1 Å². The van der Waals surface area contributed by atoms with E-state index in [2.05, 4.69) is 0 Å². The Hall–Kier alpha value is -1.88. The van der Waals surface area contributed by atoms with Gasteiger partial charge in [0.15, 0.2) is 0 Å². The fraction of sp³-hybridized carbons (Fsp3) is 0.467. The van der Waals surface area contributed by atoms with Crippen LogP contribution in [0.1, 0.15) is 40.0 Å². The van der Waals surface area contributed by atoms with E-state index in [-0.39, 0.29) is 23.6 Å². The quantitative estimate of drug-likeness (QED) is 0.893. The zero-order valence-electron chi connectivity index (χ0n) is 11.1. The van der Waals surface area contributed by atoms with Gasteiger partial charge < -0.3 is 14.7 Å². The Morgan fingerprint density at radius 1 is 1.25 bits per heavy atom. The van der Waals surface area contributed by atoms with Crippen LogP contribution in [0, 0.1) is 0 Å². The topological polar surface area (TPSA) is 66.8 Å². The smallest absolute Gasteiger partial charge is 0.335 e. The largest absolute Gasteiger partial charge is 0.478 e. The zero-order valence-corrected chi connectivity index (χ0v) is 11.1. The lowest BCUT2D eigenvalue weighted by Crippen LogP contribution is -2.51. The van der Waals surface area contributed by atoms with Gasteiger partial charge in [-0.1, -0.05) is 6.07 Å². The van der Waals surface area contributed by atoms with Gasteiger partial charge in [-0.25, -0.2) is 4.79 Å². The van der Waals surface area contributed by atoms with Gasteiger partial charge >= 0.3 is 5.97 Å². The third-order valence-corrected chi connectivity index (χ3v) is 4.10. The van der Waals surface area contributed by atoms with Gasteiger partial charge in [0.05, 0.1) is 24.3 Å². The number of carbonyl (C=O) groups is 2. The number of amides is 1. The molecule has 20 heavy (non-hydrogen) atoms. The maximum Gasteiger partial charge on any atom is 0.335 e. The molecule has 2 aliphatic rings. The van der Waals surface area contributed by atoms with E-state index >= 15 is 0 Å². The van der Waals surface area contributed by atoms with Crippen LogP contribution in [-0.4, -0.2) is 47.2 Å². The zero-order chi connectivity index (χ0) is 14.1. The summed E-state index contributed by atoms with van der Waals surface area (Å²) in [5, 5.41) is 9.01. The van der Waals surface area contributed by atoms with E-state index in [1.807, 2.05) is 4.90 Å². The molecule has 5 nitrogen and oxygen atoms in total. The van der Waals surface area contributed by atoms with E-state index in [4.69, 9.17) is 9.84 Å². The van der Waals surface area contributed by atoms with Crippen molar-refractivity contribution in [1.82, 2.24) is 4.90 Å². The molecule has 0 spiro atoms. The van der Waals surface area contributed by atoms with E-state index in [0.717, 1.165) is 19.3 Å². The number of carbonyl (C=O) groups excluding carboxylic acids is 1. The lowest BCUT2D eigenvalue weighted by atomic mass is 10.1. The van der Waals surface area contributed by atoms with Crippen LogP contribution in [0.2, 0.25) is 0 Å². The number of aromatic carboxylic acids is 1. The summed E-state index contributed by atoms with van der Waals surface area (Å²) in [6.45, 7) is 1.14. The Kier molecular flexibility index (Phi) is 3.44. The van der Waals surface area contributed by atoms with Gasteiger partial charge in [-0.3, -0.25) is 4.79 Å². The van der Waals surface area contributed by atoms with Gasteiger partial charge in [-0.05, 0) is 37.5 Å². The molecule has 1 aromatic rings. The number of rotatable bonds is 2. The summed E-state index contributed by atoms with van der Waals surface area (Å²) in [6.07, 6.45) is 3.20. The van der Waals surface area contributed by atoms with E-state index in [1.165, 1.54) is 12.1 Å². The highest BCUT2D eigenvalue weighted by atomic mass is 16.5. The minimum atomic E-state index is -1.01. The summed E-state index contributed by atoms with van der Waals surface area (Å²) in [7, 11) is 0. The number of hydrogen-bond acceptors (Lipinski definition) is 3. The predicted molar refractivity (Wildman–Crippen MR) is 71.8 cm³/mol. The van der Waals surface area contributed by atoms with Gasteiger partial charge in [0.25, 0.3) is 5.91 Å². The predicted octanol–water partition coefficient (Wildman–Crippen LogP) is 1.78. The Balaban J connectivity index is 1.84. The number of nitrogens with zero attached hydrogens (tertiary/aromatic N) is 1. The molecule has 106 valence electrons. The first-order valence-electron chi connectivity index (χ1n) is 6.93. The standard InChI is InChI=1S/C15H17NO4/c17-14(10-3-1-4-11(9-10)15(18)19)16-7-8-20-13-6-2-5-12(13)16/h1,3-4,9,12-13H,2,5-8H2,(H,18,19). The lowest BCUT2D eigenvalue weighted by Gasteiger charge is -2.37. The summed E-state index contributed by atoms with van der Waals surface area (Å²) in [5.74, 6) is -1.10. The Morgan fingerprint density at radius 3 is 2.85 bits per heavy atom. The third-order valence-electron chi connectivity index (χ3n) is 4.10. The lowest BCUT2D eigenvalue weighted by molar-refractivity contribution is -0.0445. The van der Waals surface area contributed by atoms with Crippen LogP contribution in [0.4, 0.5) is 0 Å². The second kappa shape index (κ2) is 5.25. The molecule has 1 aliphatic carbocycles. The molecule has 1 aliphatic heterocycles. The van der Waals surface area contributed by atoms with Gasteiger partial charge in [-0.2, -0.15) is 0 Å². The number of benzene rings is 1. The molecular formula is C15H17NO4. The first kappa shape index (κ1) is 13.1. The van der Waals surface area contributed by atoms with Gasteiger partial charge in [0.2, 0.25) is 0 Å². The van der Waals surface area contributed by atoms with Crippen LogP contribution in [0.5, 0.6) is 0 Å². The Morgan fingerprint density at radius 2 is 2.05 bits per heavy atom. The minimum absolute atomic E-state index is 0.0895. The van der Waals surface area contributed by atoms with Gasteiger partial charge in [0.1, 0.15) is 0 Å². The van der Waals surface area contributed by atoms with Crippen molar-refractivity contribution >= 4 is 11.9 Å². The van der Waals surface area contributed by atoms with Crippen molar-refractivity contribution in [3.63, 3.8) is 0 Å². The molecule has 3 rings (SSSR count). The molecule has 0 aromatic heterocycles. The summed E-state index contributed by atoms with van der Waals surface area (Å²) >= 11 is 0. The Labute approximate surface area is 117 Å². The maximum absolute atomic E-state index is 12.6. The number of fused-ring (bicyclic) bond motifs is 1. The van der Waals surface area contributed by atoms with Gasteiger partial charge in [-0.15, -0.1) is 0 Å². The fourth-order valence-electron chi connectivity index (χ4n) is 3.13. The molecular weight excluding hydrogens is 258 g/mol. The molecule has 0 radical (unpaired) electrons. The van der Waals surface area contributed by atoms with Crippen molar-refractivity contribution in [2.75, 3.05) is 13.2 Å². The van der Waals surface area contributed by atoms with Crippen LogP contribution < -0.4 is 0 Å². The minimum Gasteiger partial charge on any atom is -0.478 e. The van der Waals surface area contributed by atoms with E-state index in [0.29, 0.717) is 18.7 Å². The molecule has 0 bridgehead atoms. The van der Waals surface area contributed by atoms with Crippen LogP contribution in [0.3, 0.4) is 0 Å². The molecule has 2 fully saturated rings. The Bertz CT molecular complexity index is 542. The van der Waals surface area contributed by atoms with Crippen LogP contribution in [0.15, 0.2) is 24.3 Å². The molecule has 2 unspecified atom stereocenters. The second-order valence-corrected chi connectivity index (χ2v) is 5.29. The average Bonchev–Trinajstić information content (AvgIpc) is 2.95. The number of ether oxygens (including phenoxy) is 1. The molecule has 1 saturated heterocycles. The van der Waals surface area contributed by atoms with Crippen molar-refractivity contribution < 1.29 is 19.4 Å².